The second-order valence-electron chi connectivity index (χ2n) is 4.41. The monoisotopic (exact) mass is 301 g/mol. The first-order chi connectivity index (χ1) is 10.6. The third-order valence-corrected chi connectivity index (χ3v) is 2.99. The fourth-order valence-corrected chi connectivity index (χ4v) is 1.98. The average molecular weight is 301 g/mol. The number of aryl methyl sites for hydroxylation is 1. The molecule has 0 aliphatic rings. The summed E-state index contributed by atoms with van der Waals surface area (Å²) >= 11 is 0. The highest BCUT2D eigenvalue weighted by Crippen LogP contribution is 2.35. The number of ketones is 1. The number of aromatic nitrogens is 3. The molecule has 0 unspecified atom stereocenters. The molecule has 8 nitrogen and oxygen atoms in total. The minimum atomic E-state index is -0.465. The summed E-state index contributed by atoms with van der Waals surface area (Å²) in [5.41, 5.74) is 0.503. The second-order valence-corrected chi connectivity index (χ2v) is 4.41. The van der Waals surface area contributed by atoms with Gasteiger partial charge in [-0.3, -0.25) is 4.79 Å². The van der Waals surface area contributed by atoms with Gasteiger partial charge >= 0.3 is 0 Å². The summed E-state index contributed by atoms with van der Waals surface area (Å²) in [5.74, 6) is 0.124. The molecule has 112 valence electrons. The normalized spacial score (nSPS) is 10.6. The van der Waals surface area contributed by atoms with Crippen LogP contribution >= 0.6 is 0 Å². The minimum Gasteiger partial charge on any atom is -0.504 e. The van der Waals surface area contributed by atoms with Crippen molar-refractivity contribution < 1.29 is 23.7 Å². The molecular weight excluding hydrogens is 290 g/mol. The van der Waals surface area contributed by atoms with Crippen LogP contribution in [0.3, 0.4) is 0 Å². The molecule has 0 fully saturated rings. The van der Waals surface area contributed by atoms with Crippen LogP contribution in [0, 0.1) is 6.92 Å². The summed E-state index contributed by atoms with van der Waals surface area (Å²) in [7, 11) is 1.40. The van der Waals surface area contributed by atoms with Crippen molar-refractivity contribution in [3.8, 4) is 22.9 Å². The largest absolute Gasteiger partial charge is 0.504 e. The lowest BCUT2D eigenvalue weighted by molar-refractivity contribution is 0.100. The van der Waals surface area contributed by atoms with Crippen molar-refractivity contribution in [3.63, 3.8) is 0 Å². The van der Waals surface area contributed by atoms with Gasteiger partial charge in [-0.15, -0.1) is 0 Å². The Morgan fingerprint density at radius 3 is 2.73 bits per heavy atom. The standard InChI is InChI=1S/C14H11N3O5/c1-7-16-14(17-21-7)9-6-12(20-2)10(18)5-8(9)13(19)11-3-4-15-22-11/h3-6,18H,1-2H3. The van der Waals surface area contributed by atoms with Crippen molar-refractivity contribution in [3.05, 3.63) is 41.6 Å². The van der Waals surface area contributed by atoms with E-state index in [1.54, 1.807) is 6.92 Å². The first-order valence-electron chi connectivity index (χ1n) is 6.27. The molecule has 3 aromatic rings. The summed E-state index contributed by atoms with van der Waals surface area (Å²) in [4.78, 5) is 16.6. The van der Waals surface area contributed by atoms with Gasteiger partial charge < -0.3 is 18.9 Å². The molecule has 0 radical (unpaired) electrons. The zero-order valence-corrected chi connectivity index (χ0v) is 11.7. The highest BCUT2D eigenvalue weighted by atomic mass is 16.5. The Morgan fingerprint density at radius 1 is 1.32 bits per heavy atom. The molecule has 0 bridgehead atoms. The lowest BCUT2D eigenvalue weighted by atomic mass is 10.0. The van der Waals surface area contributed by atoms with Gasteiger partial charge in [0.25, 0.3) is 0 Å². The number of ether oxygens (including phenoxy) is 1. The van der Waals surface area contributed by atoms with Crippen LogP contribution in [0.25, 0.3) is 11.4 Å². The molecule has 2 aromatic heterocycles. The maximum Gasteiger partial charge on any atom is 0.231 e. The number of phenolic OH excluding ortho intramolecular Hbond substituents is 1. The van der Waals surface area contributed by atoms with E-state index in [2.05, 4.69) is 15.3 Å². The molecule has 3 rings (SSSR count). The number of nitrogens with zero attached hydrogens (tertiary/aromatic N) is 3. The Kier molecular flexibility index (Phi) is 3.34. The van der Waals surface area contributed by atoms with Crippen molar-refractivity contribution in [2.45, 2.75) is 6.92 Å². The molecule has 0 amide bonds. The number of hydrogen-bond donors (Lipinski definition) is 1. The maximum absolute atomic E-state index is 12.5. The van der Waals surface area contributed by atoms with Crippen LogP contribution < -0.4 is 4.74 Å². The third kappa shape index (κ3) is 2.30. The Morgan fingerprint density at radius 2 is 2.14 bits per heavy atom. The minimum absolute atomic E-state index is 0.0334. The van der Waals surface area contributed by atoms with Crippen LogP contribution in [0.1, 0.15) is 22.0 Å². The zero-order valence-electron chi connectivity index (χ0n) is 11.7. The molecule has 2 heterocycles. The summed E-state index contributed by atoms with van der Waals surface area (Å²) in [6.07, 6.45) is 1.36. The smallest absolute Gasteiger partial charge is 0.231 e. The van der Waals surface area contributed by atoms with Crippen LogP contribution in [-0.4, -0.2) is 33.3 Å². The van der Waals surface area contributed by atoms with Gasteiger partial charge in [0.2, 0.25) is 23.3 Å². The third-order valence-electron chi connectivity index (χ3n) is 2.99. The number of rotatable bonds is 4. The van der Waals surface area contributed by atoms with E-state index in [0.717, 1.165) is 0 Å². The molecule has 1 N–H and O–H groups in total. The summed E-state index contributed by atoms with van der Waals surface area (Å²) in [6.45, 7) is 1.63. The Bertz CT molecular complexity index is 823. The summed E-state index contributed by atoms with van der Waals surface area (Å²) in [5, 5.41) is 17.2. The van der Waals surface area contributed by atoms with E-state index in [-0.39, 0.29) is 28.6 Å². The lowest BCUT2D eigenvalue weighted by Gasteiger charge is -2.09. The van der Waals surface area contributed by atoms with E-state index >= 15 is 0 Å². The molecule has 8 heteroatoms. The molecule has 22 heavy (non-hydrogen) atoms. The molecule has 0 aliphatic carbocycles. The van der Waals surface area contributed by atoms with Crippen molar-refractivity contribution in [1.82, 2.24) is 15.3 Å². The Labute approximate surface area is 124 Å². The molecule has 1 aromatic carbocycles. The average Bonchev–Trinajstić information content (AvgIpc) is 3.17. The number of carbonyl (C=O) groups is 1. The molecule has 0 spiro atoms. The number of benzene rings is 1. The highest BCUT2D eigenvalue weighted by molar-refractivity contribution is 6.11. The topological polar surface area (TPSA) is 111 Å². The van der Waals surface area contributed by atoms with Crippen LogP contribution in [0.5, 0.6) is 11.5 Å². The number of phenols is 1. The van der Waals surface area contributed by atoms with Crippen LogP contribution in [0.15, 0.2) is 33.4 Å². The van der Waals surface area contributed by atoms with E-state index in [0.29, 0.717) is 11.5 Å². The van der Waals surface area contributed by atoms with E-state index < -0.39 is 5.78 Å². The van der Waals surface area contributed by atoms with Crippen molar-refractivity contribution in [2.24, 2.45) is 0 Å². The van der Waals surface area contributed by atoms with Crippen LogP contribution in [-0.2, 0) is 0 Å². The summed E-state index contributed by atoms with van der Waals surface area (Å²) < 4.78 is 14.9. The molecule has 0 aliphatic heterocycles. The maximum atomic E-state index is 12.5. The van der Waals surface area contributed by atoms with Gasteiger partial charge in [0.15, 0.2) is 11.5 Å². The fraction of sp³-hybridized carbons (Fsp3) is 0.143. The van der Waals surface area contributed by atoms with Crippen LogP contribution in [0.4, 0.5) is 0 Å². The van der Waals surface area contributed by atoms with Gasteiger partial charge in [-0.05, 0) is 12.1 Å². The quantitative estimate of drug-likeness (QED) is 0.728. The lowest BCUT2D eigenvalue weighted by Crippen LogP contribution is -2.04. The van der Waals surface area contributed by atoms with Gasteiger partial charge in [-0.25, -0.2) is 0 Å². The van der Waals surface area contributed by atoms with E-state index in [9.17, 15) is 9.90 Å². The van der Waals surface area contributed by atoms with Gasteiger partial charge in [-0.2, -0.15) is 4.98 Å². The van der Waals surface area contributed by atoms with Crippen molar-refractivity contribution in [1.29, 1.82) is 0 Å². The number of methoxy groups -OCH3 is 1. The molecular formula is C14H11N3O5. The van der Waals surface area contributed by atoms with Gasteiger partial charge in [-0.1, -0.05) is 10.3 Å². The van der Waals surface area contributed by atoms with Crippen molar-refractivity contribution >= 4 is 5.78 Å². The van der Waals surface area contributed by atoms with Crippen LogP contribution in [0.2, 0.25) is 0 Å². The predicted molar refractivity (Wildman–Crippen MR) is 72.6 cm³/mol. The zero-order chi connectivity index (χ0) is 15.7. The van der Waals surface area contributed by atoms with Gasteiger partial charge in [0.05, 0.1) is 13.3 Å². The van der Waals surface area contributed by atoms with E-state index in [4.69, 9.17) is 13.8 Å². The predicted octanol–water partition coefficient (Wildman–Crippen LogP) is 1.98. The first-order valence-corrected chi connectivity index (χ1v) is 6.27. The number of hydrogen-bond acceptors (Lipinski definition) is 8. The van der Waals surface area contributed by atoms with Crippen molar-refractivity contribution in [2.75, 3.05) is 7.11 Å². The Hall–Kier alpha value is -3.16. The number of aromatic hydroxyl groups is 1. The molecule has 0 saturated heterocycles. The molecule has 0 atom stereocenters. The highest BCUT2D eigenvalue weighted by Gasteiger charge is 2.23. The SMILES string of the molecule is COc1cc(-c2noc(C)n2)c(C(=O)c2ccno2)cc1O. The summed E-state index contributed by atoms with van der Waals surface area (Å²) in [6, 6.07) is 4.16. The van der Waals surface area contributed by atoms with Gasteiger partial charge in [0.1, 0.15) is 0 Å². The Balaban J connectivity index is 2.19. The van der Waals surface area contributed by atoms with Gasteiger partial charge in [0, 0.05) is 24.1 Å². The number of carbonyl (C=O) groups excluding carboxylic acids is 1. The second kappa shape index (κ2) is 5.32. The molecule has 0 saturated carbocycles. The van der Waals surface area contributed by atoms with E-state index in [1.807, 2.05) is 0 Å². The first kappa shape index (κ1) is 13.8. The fourth-order valence-electron chi connectivity index (χ4n) is 1.98. The van der Waals surface area contributed by atoms with E-state index in [1.165, 1.54) is 31.5 Å².